The van der Waals surface area contributed by atoms with E-state index < -0.39 is 0 Å². The molecule has 2 saturated heterocycles. The molecule has 2 heterocycles. The van der Waals surface area contributed by atoms with Gasteiger partial charge in [-0.15, -0.1) is 0 Å². The summed E-state index contributed by atoms with van der Waals surface area (Å²) in [6.45, 7) is 4.24. The van der Waals surface area contributed by atoms with E-state index in [0.29, 0.717) is 13.1 Å². The highest BCUT2D eigenvalue weighted by atomic mass is 19.1. The van der Waals surface area contributed by atoms with E-state index in [-0.39, 0.29) is 17.8 Å². The molecule has 0 bridgehead atoms. The fourth-order valence-corrected chi connectivity index (χ4v) is 3.41. The van der Waals surface area contributed by atoms with Crippen LogP contribution in [0.5, 0.6) is 0 Å². The summed E-state index contributed by atoms with van der Waals surface area (Å²) in [6.07, 6.45) is 4.51. The van der Waals surface area contributed by atoms with Gasteiger partial charge in [0, 0.05) is 32.8 Å². The molecule has 23 heavy (non-hydrogen) atoms. The van der Waals surface area contributed by atoms with Crippen molar-refractivity contribution in [3.8, 4) is 0 Å². The number of carbonyl (C=O) groups is 1. The summed E-state index contributed by atoms with van der Waals surface area (Å²) < 4.78 is 19.1. The van der Waals surface area contributed by atoms with Crippen LogP contribution in [-0.4, -0.2) is 54.6 Å². The molecule has 1 atom stereocenters. The van der Waals surface area contributed by atoms with Crippen LogP contribution >= 0.6 is 0 Å². The van der Waals surface area contributed by atoms with E-state index in [0.717, 1.165) is 57.5 Å². The molecule has 1 aromatic carbocycles. The highest BCUT2D eigenvalue weighted by Crippen LogP contribution is 2.16. The van der Waals surface area contributed by atoms with Crippen molar-refractivity contribution < 1.29 is 13.9 Å². The molecule has 3 rings (SSSR count). The SMILES string of the molecule is O=C(CN(Cc1cccc(F)c1)C[C@@H]1CCCO1)N1CCCC1. The van der Waals surface area contributed by atoms with E-state index in [1.807, 2.05) is 11.0 Å². The standard InChI is InChI=1S/C18H25FN2O2/c19-16-6-3-5-15(11-16)12-20(13-17-7-4-10-23-17)14-18(22)21-8-1-2-9-21/h3,5-6,11,17H,1-2,4,7-10,12-14H2/t17-/m0/s1. The normalized spacial score (nSPS) is 21.3. The van der Waals surface area contributed by atoms with E-state index in [4.69, 9.17) is 4.74 Å². The number of benzene rings is 1. The highest BCUT2D eigenvalue weighted by molar-refractivity contribution is 5.78. The molecule has 0 radical (unpaired) electrons. The third kappa shape index (κ3) is 4.75. The maximum absolute atomic E-state index is 13.4. The molecular weight excluding hydrogens is 295 g/mol. The summed E-state index contributed by atoms with van der Waals surface area (Å²) in [5.74, 6) is -0.0534. The Morgan fingerprint density at radius 3 is 2.83 bits per heavy atom. The van der Waals surface area contributed by atoms with Crippen molar-refractivity contribution in [1.82, 2.24) is 9.80 Å². The minimum Gasteiger partial charge on any atom is -0.377 e. The second-order valence-corrected chi connectivity index (χ2v) is 6.52. The Morgan fingerprint density at radius 1 is 1.30 bits per heavy atom. The van der Waals surface area contributed by atoms with Crippen molar-refractivity contribution in [2.75, 3.05) is 32.8 Å². The smallest absolute Gasteiger partial charge is 0.236 e. The zero-order valence-electron chi connectivity index (χ0n) is 13.5. The molecule has 0 spiro atoms. The van der Waals surface area contributed by atoms with Crippen LogP contribution in [0.1, 0.15) is 31.2 Å². The van der Waals surface area contributed by atoms with Gasteiger partial charge in [0.25, 0.3) is 0 Å². The Morgan fingerprint density at radius 2 is 2.13 bits per heavy atom. The van der Waals surface area contributed by atoms with Crippen molar-refractivity contribution in [3.05, 3.63) is 35.6 Å². The molecule has 1 amide bonds. The van der Waals surface area contributed by atoms with Crippen molar-refractivity contribution in [2.45, 2.75) is 38.3 Å². The Kier molecular flexibility index (Phi) is 5.62. The van der Waals surface area contributed by atoms with Gasteiger partial charge in [0.1, 0.15) is 5.82 Å². The van der Waals surface area contributed by atoms with Crippen LogP contribution in [0.15, 0.2) is 24.3 Å². The minimum atomic E-state index is -0.231. The second kappa shape index (κ2) is 7.88. The molecular formula is C18H25FN2O2. The monoisotopic (exact) mass is 320 g/mol. The van der Waals surface area contributed by atoms with Crippen LogP contribution < -0.4 is 0 Å². The first-order valence-corrected chi connectivity index (χ1v) is 8.57. The molecule has 4 nitrogen and oxygen atoms in total. The number of likely N-dealkylation sites (tertiary alicyclic amines) is 1. The van der Waals surface area contributed by atoms with Gasteiger partial charge in [-0.05, 0) is 43.4 Å². The second-order valence-electron chi connectivity index (χ2n) is 6.52. The summed E-state index contributed by atoms with van der Waals surface area (Å²) in [4.78, 5) is 16.5. The molecule has 2 aliphatic heterocycles. The fraction of sp³-hybridized carbons (Fsp3) is 0.611. The predicted octanol–water partition coefficient (Wildman–Crippen LogP) is 2.43. The van der Waals surface area contributed by atoms with Crippen molar-refractivity contribution >= 4 is 5.91 Å². The number of carbonyl (C=O) groups excluding carboxylic acids is 1. The number of hydrogen-bond donors (Lipinski definition) is 0. The van der Waals surface area contributed by atoms with Crippen LogP contribution in [0.3, 0.4) is 0 Å². The molecule has 5 heteroatoms. The molecule has 1 aromatic rings. The molecule has 0 N–H and O–H groups in total. The summed E-state index contributed by atoms with van der Waals surface area (Å²) in [5, 5.41) is 0. The van der Waals surface area contributed by atoms with Crippen LogP contribution in [0.4, 0.5) is 4.39 Å². The van der Waals surface area contributed by atoms with Gasteiger partial charge in [-0.2, -0.15) is 0 Å². The van der Waals surface area contributed by atoms with E-state index in [1.165, 1.54) is 6.07 Å². The number of amides is 1. The third-order valence-corrected chi connectivity index (χ3v) is 4.60. The summed E-state index contributed by atoms with van der Waals surface area (Å²) in [6, 6.07) is 6.62. The highest BCUT2D eigenvalue weighted by Gasteiger charge is 2.24. The minimum absolute atomic E-state index is 0.178. The number of nitrogens with zero attached hydrogens (tertiary/aromatic N) is 2. The predicted molar refractivity (Wildman–Crippen MR) is 86.5 cm³/mol. The summed E-state index contributed by atoms with van der Waals surface area (Å²) >= 11 is 0. The third-order valence-electron chi connectivity index (χ3n) is 4.60. The average molecular weight is 320 g/mol. The number of halogens is 1. The lowest BCUT2D eigenvalue weighted by atomic mass is 10.1. The molecule has 0 saturated carbocycles. The summed E-state index contributed by atoms with van der Waals surface area (Å²) in [5.41, 5.74) is 0.900. The Hall–Kier alpha value is -1.46. The lowest BCUT2D eigenvalue weighted by Gasteiger charge is -2.27. The zero-order valence-corrected chi connectivity index (χ0v) is 13.5. The first kappa shape index (κ1) is 16.4. The Labute approximate surface area is 137 Å². The Balaban J connectivity index is 1.63. The molecule has 2 aliphatic rings. The number of ether oxygens (including phenoxy) is 1. The van der Waals surface area contributed by atoms with Gasteiger partial charge in [0.2, 0.25) is 5.91 Å². The number of hydrogen-bond acceptors (Lipinski definition) is 3. The van der Waals surface area contributed by atoms with Gasteiger partial charge in [-0.3, -0.25) is 9.69 Å². The zero-order chi connectivity index (χ0) is 16.1. The lowest BCUT2D eigenvalue weighted by Crippen LogP contribution is -2.41. The fourth-order valence-electron chi connectivity index (χ4n) is 3.41. The molecule has 0 aromatic heterocycles. The molecule has 2 fully saturated rings. The van der Waals surface area contributed by atoms with Crippen molar-refractivity contribution in [1.29, 1.82) is 0 Å². The summed E-state index contributed by atoms with van der Waals surface area (Å²) in [7, 11) is 0. The van der Waals surface area contributed by atoms with Gasteiger partial charge in [0.15, 0.2) is 0 Å². The van der Waals surface area contributed by atoms with E-state index in [2.05, 4.69) is 4.90 Å². The van der Waals surface area contributed by atoms with Crippen molar-refractivity contribution in [3.63, 3.8) is 0 Å². The molecule has 126 valence electrons. The largest absolute Gasteiger partial charge is 0.377 e. The van der Waals surface area contributed by atoms with E-state index >= 15 is 0 Å². The first-order valence-electron chi connectivity index (χ1n) is 8.57. The molecule has 0 aliphatic carbocycles. The van der Waals surface area contributed by atoms with Crippen LogP contribution in [0.2, 0.25) is 0 Å². The van der Waals surface area contributed by atoms with Crippen LogP contribution in [0, 0.1) is 5.82 Å². The number of rotatable bonds is 6. The first-order chi connectivity index (χ1) is 11.2. The van der Waals surface area contributed by atoms with Gasteiger partial charge in [0.05, 0.1) is 12.6 Å². The quantitative estimate of drug-likeness (QED) is 0.807. The lowest BCUT2D eigenvalue weighted by molar-refractivity contribution is -0.131. The van der Waals surface area contributed by atoms with E-state index in [1.54, 1.807) is 12.1 Å². The van der Waals surface area contributed by atoms with E-state index in [9.17, 15) is 9.18 Å². The average Bonchev–Trinajstić information content (AvgIpc) is 3.20. The maximum Gasteiger partial charge on any atom is 0.236 e. The maximum atomic E-state index is 13.4. The van der Waals surface area contributed by atoms with Gasteiger partial charge in [-0.1, -0.05) is 12.1 Å². The van der Waals surface area contributed by atoms with Gasteiger partial charge < -0.3 is 9.64 Å². The van der Waals surface area contributed by atoms with Crippen molar-refractivity contribution in [2.24, 2.45) is 0 Å². The Bertz CT molecular complexity index is 526. The van der Waals surface area contributed by atoms with Crippen LogP contribution in [0.25, 0.3) is 0 Å². The van der Waals surface area contributed by atoms with Gasteiger partial charge in [-0.25, -0.2) is 4.39 Å². The molecule has 0 unspecified atom stereocenters. The topological polar surface area (TPSA) is 32.8 Å². The van der Waals surface area contributed by atoms with Crippen LogP contribution in [-0.2, 0) is 16.1 Å². The van der Waals surface area contributed by atoms with Gasteiger partial charge >= 0.3 is 0 Å².